The first-order valence-electron chi connectivity index (χ1n) is 6.80. The van der Waals surface area contributed by atoms with Gasteiger partial charge < -0.3 is 0 Å². The molecule has 0 aliphatic carbocycles. The first-order valence-corrected chi connectivity index (χ1v) is 18.5. The molecule has 2 nitrogen and oxygen atoms in total. The van der Waals surface area contributed by atoms with Gasteiger partial charge in [0, 0.05) is 40.1 Å². The van der Waals surface area contributed by atoms with E-state index in [0.29, 0.717) is 4.28 Å². The van der Waals surface area contributed by atoms with E-state index in [1.54, 1.807) is 0 Å². The van der Waals surface area contributed by atoms with Crippen molar-refractivity contribution in [3.63, 3.8) is 0 Å². The zero-order chi connectivity index (χ0) is 15.0. The average Bonchev–Trinajstić information content (AvgIpc) is 1.94. The number of nitrogens with zero attached hydrogens (tertiary/aromatic N) is 1. The molecule has 0 aliphatic heterocycles. The van der Waals surface area contributed by atoms with Gasteiger partial charge in [0.2, 0.25) is 6.08 Å². The highest BCUT2D eigenvalue weighted by Gasteiger charge is 2.62. The topological polar surface area (TPSA) is 29.4 Å². The molecule has 18 heavy (non-hydrogen) atoms. The van der Waals surface area contributed by atoms with Crippen molar-refractivity contribution in [3.05, 3.63) is 0 Å². The van der Waals surface area contributed by atoms with Crippen LogP contribution < -0.4 is 0 Å². The van der Waals surface area contributed by atoms with Crippen molar-refractivity contribution >= 4 is 40.5 Å². The summed E-state index contributed by atoms with van der Waals surface area (Å²) < 4.78 is 0.372. The lowest BCUT2D eigenvalue weighted by Crippen LogP contribution is -2.70. The summed E-state index contributed by atoms with van der Waals surface area (Å²) in [5.41, 5.74) is 0.264. The molecule has 0 aliphatic rings. The highest BCUT2D eigenvalue weighted by molar-refractivity contribution is 7.15. The normalized spacial score (nSPS) is 16.3. The van der Waals surface area contributed by atoms with Crippen LogP contribution in [0.3, 0.4) is 0 Å². The smallest absolute Gasteiger partial charge is 0.211 e. The molecule has 0 radical (unpaired) electrons. The fourth-order valence-corrected chi connectivity index (χ4v) is 44.3. The Hall–Kier alpha value is 0.248. The molecule has 1 unspecified atom stereocenters. The maximum atomic E-state index is 10.8. The van der Waals surface area contributed by atoms with E-state index >= 15 is 0 Å². The largest absolute Gasteiger partial charge is 0.234 e. The van der Waals surface area contributed by atoms with Crippen LogP contribution in [0.5, 0.6) is 0 Å². The lowest BCUT2D eigenvalue weighted by molar-refractivity contribution is 0.561. The van der Waals surface area contributed by atoms with Gasteiger partial charge in [-0.25, -0.2) is 9.79 Å². The number of hydrogen-bond acceptors (Lipinski definition) is 2. The second-order valence-electron chi connectivity index (χ2n) is 8.45. The van der Waals surface area contributed by atoms with E-state index in [2.05, 4.69) is 63.9 Å². The Kier molecular flexibility index (Phi) is 5.40. The van der Waals surface area contributed by atoms with Gasteiger partial charge in [-0.05, 0) is 4.28 Å². The third-order valence-electron chi connectivity index (χ3n) is 4.42. The molecular formula is C12H31NOSi4. The van der Waals surface area contributed by atoms with E-state index in [0.717, 1.165) is 10.2 Å². The number of hydrogen-bond donors (Lipinski definition) is 0. The van der Waals surface area contributed by atoms with Crippen LogP contribution in [0.1, 0.15) is 0 Å². The van der Waals surface area contributed by atoms with Gasteiger partial charge in [0.15, 0.2) is 0 Å². The molecule has 0 spiro atoms. The molecule has 0 fully saturated rings. The van der Waals surface area contributed by atoms with Crippen LogP contribution in [0.4, 0.5) is 0 Å². The minimum Gasteiger partial charge on any atom is -0.211 e. The molecule has 0 rings (SSSR count). The molecule has 0 aromatic rings. The molecule has 0 bridgehead atoms. The number of isocyanates is 1. The Morgan fingerprint density at radius 2 is 1.17 bits per heavy atom. The summed E-state index contributed by atoms with van der Waals surface area (Å²) in [6.07, 6.45) is 1.87. The summed E-state index contributed by atoms with van der Waals surface area (Å²) in [4.78, 5) is 15.1. The van der Waals surface area contributed by atoms with Crippen molar-refractivity contribution in [1.29, 1.82) is 0 Å². The van der Waals surface area contributed by atoms with E-state index in [4.69, 9.17) is 0 Å². The summed E-state index contributed by atoms with van der Waals surface area (Å²) in [6, 6.07) is 0. The van der Waals surface area contributed by atoms with Crippen molar-refractivity contribution in [2.45, 2.75) is 68.9 Å². The molecule has 6 heteroatoms. The molecular weight excluding hydrogens is 286 g/mol. The SMILES string of the molecule is C[Si](C)(C)C(C([SiH3])N=C=O)([Si](C)(C)C)[Si](C)(C)C. The maximum absolute atomic E-state index is 10.8. The minimum absolute atomic E-state index is 0.264. The number of rotatable bonds is 5. The molecule has 0 amide bonds. The average molecular weight is 318 g/mol. The summed E-state index contributed by atoms with van der Waals surface area (Å²) >= 11 is 0. The van der Waals surface area contributed by atoms with Crippen molar-refractivity contribution in [2.24, 2.45) is 4.99 Å². The molecule has 0 heterocycles. The molecule has 0 saturated carbocycles. The second-order valence-corrected chi connectivity index (χ2v) is 26.9. The molecule has 1 atom stereocenters. The minimum atomic E-state index is -1.42. The van der Waals surface area contributed by atoms with Crippen LogP contribution in [0.15, 0.2) is 4.99 Å². The molecule has 106 valence electrons. The van der Waals surface area contributed by atoms with Gasteiger partial charge in [-0.2, -0.15) is 0 Å². The summed E-state index contributed by atoms with van der Waals surface area (Å²) in [7, 11) is -3.29. The summed E-state index contributed by atoms with van der Waals surface area (Å²) in [6.45, 7) is 22.3. The van der Waals surface area contributed by atoms with Gasteiger partial charge >= 0.3 is 0 Å². The fourth-order valence-electron chi connectivity index (χ4n) is 5.43. The Balaban J connectivity index is 6.35. The van der Waals surface area contributed by atoms with Crippen molar-refractivity contribution < 1.29 is 4.79 Å². The van der Waals surface area contributed by atoms with Crippen LogP contribution >= 0.6 is 0 Å². The Bertz CT molecular complexity index is 307. The zero-order valence-electron chi connectivity index (χ0n) is 13.9. The predicted octanol–water partition coefficient (Wildman–Crippen LogP) is 2.85. The predicted molar refractivity (Wildman–Crippen MR) is 94.6 cm³/mol. The van der Waals surface area contributed by atoms with Crippen molar-refractivity contribution in [2.75, 3.05) is 0 Å². The fraction of sp³-hybridized carbons (Fsp3) is 0.917. The standard InChI is InChI=1S/C12H31NOSi4/c1-16(2,3)12(17(4,5)6,18(7,8)9)11(15)13-10-14/h11H,1-9,15H3. The van der Waals surface area contributed by atoms with Gasteiger partial charge in [-0.3, -0.25) is 0 Å². The van der Waals surface area contributed by atoms with Crippen molar-refractivity contribution in [3.8, 4) is 0 Å². The summed E-state index contributed by atoms with van der Waals surface area (Å²) in [5.74, 6) is 0. The van der Waals surface area contributed by atoms with Crippen molar-refractivity contribution in [1.82, 2.24) is 0 Å². The van der Waals surface area contributed by atoms with Crippen LogP contribution in [0.25, 0.3) is 0 Å². The van der Waals surface area contributed by atoms with E-state index in [-0.39, 0.29) is 5.67 Å². The van der Waals surface area contributed by atoms with Gasteiger partial charge in [0.1, 0.15) is 0 Å². The van der Waals surface area contributed by atoms with Crippen LogP contribution in [0.2, 0.25) is 63.2 Å². The molecule has 0 aromatic heterocycles. The highest BCUT2D eigenvalue weighted by Crippen LogP contribution is 2.56. The lowest BCUT2D eigenvalue weighted by Gasteiger charge is -2.61. The van der Waals surface area contributed by atoms with E-state index < -0.39 is 24.2 Å². The Morgan fingerprint density at radius 3 is 1.33 bits per heavy atom. The highest BCUT2D eigenvalue weighted by atomic mass is 28.5. The summed E-state index contributed by atoms with van der Waals surface area (Å²) in [5, 5.41) is 0. The van der Waals surface area contributed by atoms with E-state index in [1.165, 1.54) is 0 Å². The van der Waals surface area contributed by atoms with E-state index in [9.17, 15) is 4.79 Å². The lowest BCUT2D eigenvalue weighted by atomic mass is 10.7. The third-order valence-corrected chi connectivity index (χ3v) is 29.1. The Morgan fingerprint density at radius 1 is 0.889 bits per heavy atom. The van der Waals surface area contributed by atoms with Crippen LogP contribution in [-0.2, 0) is 4.79 Å². The van der Waals surface area contributed by atoms with E-state index in [1.807, 2.05) is 6.08 Å². The number of carbonyl (C=O) groups excluding carboxylic acids is 1. The van der Waals surface area contributed by atoms with Gasteiger partial charge in [-0.15, -0.1) is 0 Å². The second kappa shape index (κ2) is 5.32. The Labute approximate surface area is 119 Å². The monoisotopic (exact) mass is 317 g/mol. The number of aliphatic imine (C=N–C) groups is 1. The van der Waals surface area contributed by atoms with Crippen LogP contribution in [0, 0.1) is 0 Å². The van der Waals surface area contributed by atoms with Crippen LogP contribution in [-0.4, -0.2) is 46.2 Å². The molecule has 0 N–H and O–H groups in total. The van der Waals surface area contributed by atoms with Gasteiger partial charge in [0.05, 0.1) is 0 Å². The first kappa shape index (κ1) is 18.2. The van der Waals surface area contributed by atoms with Gasteiger partial charge in [-0.1, -0.05) is 58.9 Å². The quantitative estimate of drug-likeness (QED) is 0.435. The zero-order valence-corrected chi connectivity index (χ0v) is 18.9. The molecule has 0 aromatic carbocycles. The third kappa shape index (κ3) is 2.87. The molecule has 0 saturated heterocycles. The van der Waals surface area contributed by atoms with Gasteiger partial charge in [0.25, 0.3) is 0 Å². The maximum Gasteiger partial charge on any atom is 0.234 e. The first-order chi connectivity index (χ1) is 7.73.